The van der Waals surface area contributed by atoms with Gasteiger partial charge in [-0.1, -0.05) is 370 Å². The average molecular weight is 1550 g/mol. The molecule has 1 saturated heterocycles. The highest BCUT2D eigenvalue weighted by Crippen LogP contribution is 2.39. The van der Waals surface area contributed by atoms with Gasteiger partial charge in [0, 0.05) is 71.8 Å². The van der Waals surface area contributed by atoms with Crippen LogP contribution in [0.4, 0.5) is 0 Å². The molecular formula is C103H77BClN11O2. The van der Waals surface area contributed by atoms with E-state index in [1.165, 1.54) is 11.1 Å². The van der Waals surface area contributed by atoms with Gasteiger partial charge < -0.3 is 9.31 Å². The fourth-order valence-electron chi connectivity index (χ4n) is 13.7. The number of rotatable bonds is 16. The predicted molar refractivity (Wildman–Crippen MR) is 477 cm³/mol. The lowest BCUT2D eigenvalue weighted by molar-refractivity contribution is 0.00578. The molecule has 0 bridgehead atoms. The van der Waals surface area contributed by atoms with Crippen molar-refractivity contribution in [1.29, 1.82) is 0 Å². The highest BCUT2D eigenvalue weighted by Gasteiger charge is 2.51. The minimum absolute atomic E-state index is 0.401. The molecule has 566 valence electrons. The third kappa shape index (κ3) is 17.7. The van der Waals surface area contributed by atoms with Crippen LogP contribution in [0.3, 0.4) is 0 Å². The van der Waals surface area contributed by atoms with Crippen LogP contribution in [0, 0.1) is 0 Å². The molecule has 0 saturated carbocycles. The Morgan fingerprint density at radius 2 is 0.398 bits per heavy atom. The molecule has 15 heteroatoms. The molecular weight excluding hydrogens is 1470 g/mol. The maximum atomic E-state index is 6.25. The van der Waals surface area contributed by atoms with Crippen LogP contribution in [0.15, 0.2) is 394 Å². The molecule has 13 nitrogen and oxygen atoms in total. The van der Waals surface area contributed by atoms with Crippen molar-refractivity contribution in [3.63, 3.8) is 0 Å². The van der Waals surface area contributed by atoms with Gasteiger partial charge in [0.1, 0.15) is 0 Å². The summed E-state index contributed by atoms with van der Waals surface area (Å²) in [6, 6.07) is 132. The van der Waals surface area contributed by atoms with E-state index >= 15 is 0 Å². The van der Waals surface area contributed by atoms with Crippen LogP contribution < -0.4 is 5.46 Å². The van der Waals surface area contributed by atoms with Crippen molar-refractivity contribution in [2.45, 2.75) is 38.9 Å². The van der Waals surface area contributed by atoms with Crippen LogP contribution >= 0.6 is 11.6 Å². The predicted octanol–water partition coefficient (Wildman–Crippen LogP) is 24.4. The molecule has 14 aromatic carbocycles. The maximum absolute atomic E-state index is 6.25. The number of hydrogen-bond acceptors (Lipinski definition) is 13. The zero-order valence-corrected chi connectivity index (χ0v) is 66.0. The third-order valence-electron chi connectivity index (χ3n) is 20.8. The highest BCUT2D eigenvalue weighted by molar-refractivity contribution is 6.62. The largest absolute Gasteiger partial charge is 0.494 e. The summed E-state index contributed by atoms with van der Waals surface area (Å²) in [6.45, 7) is 8.23. The van der Waals surface area contributed by atoms with Crippen LogP contribution in [0.1, 0.15) is 27.7 Å². The third-order valence-corrected chi connectivity index (χ3v) is 21.0. The molecule has 0 amide bonds. The Morgan fingerprint density at radius 1 is 0.186 bits per heavy atom. The molecule has 1 aliphatic heterocycles. The Hall–Kier alpha value is -14.5. The Morgan fingerprint density at radius 3 is 0.729 bits per heavy atom. The van der Waals surface area contributed by atoms with Gasteiger partial charge in [0.05, 0.1) is 22.6 Å². The van der Waals surface area contributed by atoms with Gasteiger partial charge in [-0.05, 0) is 103 Å². The first-order valence-corrected chi connectivity index (χ1v) is 39.4. The monoisotopic (exact) mass is 1550 g/mol. The van der Waals surface area contributed by atoms with Crippen LogP contribution in [-0.2, 0) is 9.31 Å². The van der Waals surface area contributed by atoms with E-state index in [1.807, 2.05) is 243 Å². The van der Waals surface area contributed by atoms with Crippen LogP contribution in [0.25, 0.3) is 170 Å². The summed E-state index contributed by atoms with van der Waals surface area (Å²) in [5.41, 5.74) is 20.1. The maximum Gasteiger partial charge on any atom is 0.494 e. The minimum Gasteiger partial charge on any atom is -0.399 e. The Kier molecular flexibility index (Phi) is 22.4. The van der Waals surface area contributed by atoms with Crippen molar-refractivity contribution in [2.75, 3.05) is 0 Å². The molecule has 0 radical (unpaired) electrons. The second-order valence-electron chi connectivity index (χ2n) is 29.3. The number of aromatic nitrogens is 11. The first-order chi connectivity index (χ1) is 57.8. The molecule has 5 heterocycles. The van der Waals surface area contributed by atoms with E-state index in [4.69, 9.17) is 75.7 Å². The number of hydrogen-bond donors (Lipinski definition) is 0. The molecule has 0 spiro atoms. The normalized spacial score (nSPS) is 12.5. The van der Waals surface area contributed by atoms with Gasteiger partial charge in [-0.25, -0.2) is 54.8 Å². The van der Waals surface area contributed by atoms with Crippen LogP contribution in [0.2, 0.25) is 5.02 Å². The molecule has 1 aliphatic rings. The molecule has 118 heavy (non-hydrogen) atoms. The lowest BCUT2D eigenvalue weighted by Crippen LogP contribution is -2.41. The van der Waals surface area contributed by atoms with Gasteiger partial charge in [-0.15, -0.1) is 0 Å². The molecule has 0 N–H and O–H groups in total. The summed E-state index contributed by atoms with van der Waals surface area (Å²) in [5, 5.41) is 0.679. The number of benzene rings is 14. The van der Waals surface area contributed by atoms with E-state index in [0.717, 1.165) is 106 Å². The van der Waals surface area contributed by atoms with E-state index in [1.54, 1.807) is 0 Å². The van der Waals surface area contributed by atoms with Gasteiger partial charge in [0.2, 0.25) is 0 Å². The first kappa shape index (κ1) is 76.1. The van der Waals surface area contributed by atoms with E-state index < -0.39 is 18.3 Å². The summed E-state index contributed by atoms with van der Waals surface area (Å²) in [7, 11) is -0.445. The fourth-order valence-corrected chi connectivity index (χ4v) is 13.8. The molecule has 0 atom stereocenters. The minimum atomic E-state index is -0.445. The van der Waals surface area contributed by atoms with Crippen molar-refractivity contribution in [3.8, 4) is 170 Å². The Balaban J connectivity index is 0.000000134. The summed E-state index contributed by atoms with van der Waals surface area (Å²) in [4.78, 5) is 53.5. The quantitative estimate of drug-likeness (QED) is 0.0842. The SMILES string of the molecule is CC1(C)OB(c2cccc(-c3nc(-c4ccccc4)nc(-c4ccccc4)n3)c2)OC1(C)C.Clc1ccc(-c2nc(-c3ccccc3)nc(-c3ccc(-c4ccccc4)cc3)n2)cc1.c1ccc(-c2ccc(-c3nc(-c4ccccc4)nc(-c4ccc(-c5cccc(-c6cc(-c7ccccc7)nc(-c7ccccc7)n6)c5)cc4)n3)cc2)cc1. The standard InChI is InChI=1S/C49H33N5.C27H26BN3O2.C27H18ClN3/c1-5-14-34(15-6-1)35-24-28-40(29-25-35)48-52-47(39-20-11-4-12-21-39)53-49(54-48)41-30-26-36(27-31-41)42-22-13-23-43(32-42)45-33-44(37-16-7-2-8-17-37)50-46(51-45)38-18-9-3-10-19-38;1-26(2)27(3,4)33-28(32-26)22-17-11-16-21(18-22)25-30-23(19-12-7-5-8-13-19)29-24(31-25)20-14-9-6-10-15-20;28-24-17-15-23(16-18-24)27-30-25(21-9-5-2-6-10-21)29-26(31-27)22-13-11-20(12-14-22)19-7-3-1-4-8-19/h1-33H;5-18H,1-4H3;1-18H. The Bertz CT molecular complexity index is 6320. The molecule has 0 aliphatic carbocycles. The fraction of sp³-hybridized carbons (Fsp3) is 0.0583. The Labute approximate surface area is 691 Å². The van der Waals surface area contributed by atoms with Crippen LogP contribution in [-0.4, -0.2) is 73.1 Å². The van der Waals surface area contributed by atoms with E-state index in [9.17, 15) is 0 Å². The first-order valence-electron chi connectivity index (χ1n) is 39.1. The number of nitrogens with zero attached hydrogens (tertiary/aromatic N) is 11. The molecule has 18 aromatic rings. The molecule has 4 aromatic heterocycles. The zero-order valence-electron chi connectivity index (χ0n) is 65.2. The van der Waals surface area contributed by atoms with Gasteiger partial charge >= 0.3 is 7.12 Å². The van der Waals surface area contributed by atoms with Crippen molar-refractivity contribution < 1.29 is 9.31 Å². The zero-order chi connectivity index (χ0) is 80.2. The summed E-state index contributed by atoms with van der Waals surface area (Å²) < 4.78 is 12.5. The van der Waals surface area contributed by atoms with Crippen molar-refractivity contribution in [1.82, 2.24) is 54.8 Å². The van der Waals surface area contributed by atoms with Crippen molar-refractivity contribution in [2.24, 2.45) is 0 Å². The van der Waals surface area contributed by atoms with Gasteiger partial charge in [0.25, 0.3) is 0 Å². The highest BCUT2D eigenvalue weighted by atomic mass is 35.5. The van der Waals surface area contributed by atoms with Crippen molar-refractivity contribution >= 4 is 24.2 Å². The number of halogens is 1. The molecule has 1 fully saturated rings. The second-order valence-corrected chi connectivity index (χ2v) is 29.8. The summed E-state index contributed by atoms with van der Waals surface area (Å²) in [5.74, 6) is 6.37. The van der Waals surface area contributed by atoms with Gasteiger partial charge in [-0.3, -0.25) is 0 Å². The molecule has 19 rings (SSSR count). The second kappa shape index (κ2) is 34.7. The van der Waals surface area contributed by atoms with Gasteiger partial charge in [-0.2, -0.15) is 0 Å². The molecule has 0 unspecified atom stereocenters. The van der Waals surface area contributed by atoms with E-state index in [-0.39, 0.29) is 0 Å². The lowest BCUT2D eigenvalue weighted by atomic mass is 9.78. The van der Waals surface area contributed by atoms with E-state index in [0.29, 0.717) is 63.3 Å². The summed E-state index contributed by atoms with van der Waals surface area (Å²) in [6.07, 6.45) is 0. The topological polar surface area (TPSA) is 160 Å². The van der Waals surface area contributed by atoms with Crippen molar-refractivity contribution in [3.05, 3.63) is 399 Å². The lowest BCUT2D eigenvalue weighted by Gasteiger charge is -2.32. The van der Waals surface area contributed by atoms with Crippen LogP contribution in [0.5, 0.6) is 0 Å². The average Bonchev–Trinajstić information content (AvgIpc) is 1.55. The van der Waals surface area contributed by atoms with Gasteiger partial charge in [0.15, 0.2) is 58.2 Å². The smallest absolute Gasteiger partial charge is 0.399 e. The van der Waals surface area contributed by atoms with E-state index in [2.05, 4.69) is 179 Å². The summed E-state index contributed by atoms with van der Waals surface area (Å²) >= 11 is 6.07.